The first kappa shape index (κ1) is 10.7. The minimum absolute atomic E-state index is 0.289. The molecule has 0 saturated carbocycles. The zero-order valence-corrected chi connectivity index (χ0v) is 8.32. The van der Waals surface area contributed by atoms with E-state index in [2.05, 4.69) is 6.58 Å². The van der Waals surface area contributed by atoms with E-state index in [1.807, 2.05) is 13.8 Å². The molecule has 0 radical (unpaired) electrons. The minimum atomic E-state index is -0.465. The molecule has 1 atom stereocenters. The summed E-state index contributed by atoms with van der Waals surface area (Å²) in [5, 5.41) is 9.81. The van der Waals surface area contributed by atoms with Gasteiger partial charge in [0.15, 0.2) is 6.29 Å². The highest BCUT2D eigenvalue weighted by Crippen LogP contribution is 2.32. The maximum atomic E-state index is 9.81. The predicted molar refractivity (Wildman–Crippen MR) is 50.3 cm³/mol. The third kappa shape index (κ3) is 2.30. The first-order valence-corrected chi connectivity index (χ1v) is 4.61. The minimum Gasteiger partial charge on any atom is -0.392 e. The van der Waals surface area contributed by atoms with Gasteiger partial charge in [0, 0.05) is 5.41 Å². The van der Waals surface area contributed by atoms with Crippen molar-refractivity contribution in [1.29, 1.82) is 0 Å². The molecule has 0 amide bonds. The molecule has 1 aliphatic heterocycles. The van der Waals surface area contributed by atoms with Gasteiger partial charge in [0.1, 0.15) is 0 Å². The predicted octanol–water partition coefficient (Wildman–Crippen LogP) is 1.32. The van der Waals surface area contributed by atoms with Crippen molar-refractivity contribution in [2.45, 2.75) is 32.7 Å². The molecular formula is C10H18O3. The van der Waals surface area contributed by atoms with Crippen LogP contribution in [0, 0.1) is 5.41 Å². The van der Waals surface area contributed by atoms with E-state index < -0.39 is 6.10 Å². The highest BCUT2D eigenvalue weighted by atomic mass is 16.7. The fourth-order valence-electron chi connectivity index (χ4n) is 1.41. The summed E-state index contributed by atoms with van der Waals surface area (Å²) < 4.78 is 10.7. The summed E-state index contributed by atoms with van der Waals surface area (Å²) in [4.78, 5) is 0. The third-order valence-corrected chi connectivity index (χ3v) is 2.48. The molecular weight excluding hydrogens is 168 g/mol. The molecule has 1 rings (SSSR count). The van der Waals surface area contributed by atoms with E-state index in [-0.39, 0.29) is 11.7 Å². The Balaban J connectivity index is 2.56. The average Bonchev–Trinajstić information content (AvgIpc) is 2.56. The zero-order chi connectivity index (χ0) is 9.90. The van der Waals surface area contributed by atoms with Gasteiger partial charge in [-0.1, -0.05) is 19.9 Å². The van der Waals surface area contributed by atoms with Gasteiger partial charge in [-0.3, -0.25) is 0 Å². The van der Waals surface area contributed by atoms with Crippen LogP contribution < -0.4 is 0 Å². The van der Waals surface area contributed by atoms with Crippen LogP contribution in [-0.4, -0.2) is 30.7 Å². The number of hydrogen-bond donors (Lipinski definition) is 1. The molecule has 1 fully saturated rings. The van der Waals surface area contributed by atoms with Gasteiger partial charge in [0.05, 0.1) is 19.3 Å². The summed E-state index contributed by atoms with van der Waals surface area (Å²) in [6.07, 6.45) is 1.52. The van der Waals surface area contributed by atoms with Gasteiger partial charge in [-0.05, 0) is 6.42 Å². The Morgan fingerprint density at radius 2 is 2.08 bits per heavy atom. The first-order valence-electron chi connectivity index (χ1n) is 4.61. The summed E-state index contributed by atoms with van der Waals surface area (Å²) in [5.74, 6) is 0. The third-order valence-electron chi connectivity index (χ3n) is 2.48. The van der Waals surface area contributed by atoms with Gasteiger partial charge in [-0.15, -0.1) is 6.58 Å². The highest BCUT2D eigenvalue weighted by Gasteiger charge is 2.39. The quantitative estimate of drug-likeness (QED) is 0.673. The molecule has 0 aromatic rings. The van der Waals surface area contributed by atoms with Crippen LogP contribution in [0.4, 0.5) is 0 Å². The van der Waals surface area contributed by atoms with Crippen LogP contribution in [0.25, 0.3) is 0 Å². The lowest BCUT2D eigenvalue weighted by molar-refractivity contribution is -0.158. The second kappa shape index (κ2) is 4.22. The van der Waals surface area contributed by atoms with Crippen molar-refractivity contribution in [3.8, 4) is 0 Å². The Hall–Kier alpha value is -0.380. The van der Waals surface area contributed by atoms with E-state index in [9.17, 15) is 5.11 Å². The number of aliphatic hydroxyl groups excluding tert-OH is 1. The number of rotatable bonds is 4. The average molecular weight is 186 g/mol. The maximum Gasteiger partial charge on any atom is 0.165 e. The molecule has 3 heteroatoms. The van der Waals surface area contributed by atoms with Crippen molar-refractivity contribution < 1.29 is 14.6 Å². The van der Waals surface area contributed by atoms with Crippen molar-refractivity contribution in [3.05, 3.63) is 12.7 Å². The Labute approximate surface area is 79.3 Å². The van der Waals surface area contributed by atoms with Crippen molar-refractivity contribution in [1.82, 2.24) is 0 Å². The van der Waals surface area contributed by atoms with E-state index in [1.165, 1.54) is 0 Å². The van der Waals surface area contributed by atoms with Crippen LogP contribution in [0.5, 0.6) is 0 Å². The van der Waals surface area contributed by atoms with Gasteiger partial charge < -0.3 is 14.6 Å². The van der Waals surface area contributed by atoms with Crippen LogP contribution in [0.2, 0.25) is 0 Å². The normalized spacial score (nSPS) is 21.8. The Bertz CT molecular complexity index is 171. The van der Waals surface area contributed by atoms with Crippen molar-refractivity contribution in [2.24, 2.45) is 5.41 Å². The molecule has 0 spiro atoms. The largest absolute Gasteiger partial charge is 0.392 e. The van der Waals surface area contributed by atoms with Gasteiger partial charge in [-0.25, -0.2) is 0 Å². The molecule has 1 aliphatic rings. The molecule has 1 N–H and O–H groups in total. The van der Waals surface area contributed by atoms with Crippen molar-refractivity contribution >= 4 is 0 Å². The first-order chi connectivity index (χ1) is 6.09. The molecule has 0 bridgehead atoms. The topological polar surface area (TPSA) is 38.7 Å². The Morgan fingerprint density at radius 1 is 1.54 bits per heavy atom. The zero-order valence-electron chi connectivity index (χ0n) is 8.32. The van der Waals surface area contributed by atoms with Gasteiger partial charge in [-0.2, -0.15) is 0 Å². The molecule has 3 nitrogen and oxygen atoms in total. The van der Waals surface area contributed by atoms with E-state index in [0.29, 0.717) is 19.6 Å². The molecule has 76 valence electrons. The van der Waals surface area contributed by atoms with Gasteiger partial charge >= 0.3 is 0 Å². The summed E-state index contributed by atoms with van der Waals surface area (Å²) >= 11 is 0. The van der Waals surface area contributed by atoms with E-state index in [1.54, 1.807) is 6.08 Å². The standard InChI is InChI=1S/C10H18O3/c1-4-5-8(11)10(2,3)9-12-6-7-13-9/h4,8-9,11H,1,5-7H2,2-3H3. The fourth-order valence-corrected chi connectivity index (χ4v) is 1.41. The van der Waals surface area contributed by atoms with Crippen LogP contribution in [-0.2, 0) is 9.47 Å². The van der Waals surface area contributed by atoms with E-state index in [4.69, 9.17) is 9.47 Å². The number of aliphatic hydroxyl groups is 1. The van der Waals surface area contributed by atoms with E-state index in [0.717, 1.165) is 0 Å². The Kier molecular flexibility index (Phi) is 3.47. The molecule has 0 aromatic heterocycles. The molecule has 1 saturated heterocycles. The highest BCUT2D eigenvalue weighted by molar-refractivity contribution is 4.87. The summed E-state index contributed by atoms with van der Waals surface area (Å²) in [5.41, 5.74) is -0.370. The SMILES string of the molecule is C=CCC(O)C(C)(C)C1OCCO1. The van der Waals surface area contributed by atoms with Gasteiger partial charge in [0.2, 0.25) is 0 Å². The molecule has 13 heavy (non-hydrogen) atoms. The lowest BCUT2D eigenvalue weighted by atomic mass is 9.84. The summed E-state index contributed by atoms with van der Waals surface area (Å²) in [6.45, 7) is 8.72. The molecule has 0 aliphatic carbocycles. The second-order valence-corrected chi connectivity index (χ2v) is 3.94. The number of hydrogen-bond acceptors (Lipinski definition) is 3. The lowest BCUT2D eigenvalue weighted by Crippen LogP contribution is -2.40. The fraction of sp³-hybridized carbons (Fsp3) is 0.800. The van der Waals surface area contributed by atoms with Crippen LogP contribution in [0.15, 0.2) is 12.7 Å². The van der Waals surface area contributed by atoms with Crippen LogP contribution in [0.1, 0.15) is 20.3 Å². The van der Waals surface area contributed by atoms with E-state index >= 15 is 0 Å². The smallest absolute Gasteiger partial charge is 0.165 e. The van der Waals surface area contributed by atoms with Crippen LogP contribution in [0.3, 0.4) is 0 Å². The Morgan fingerprint density at radius 3 is 2.54 bits per heavy atom. The van der Waals surface area contributed by atoms with Crippen molar-refractivity contribution in [3.63, 3.8) is 0 Å². The monoisotopic (exact) mass is 186 g/mol. The summed E-state index contributed by atoms with van der Waals surface area (Å²) in [6, 6.07) is 0. The molecule has 1 unspecified atom stereocenters. The molecule has 1 heterocycles. The van der Waals surface area contributed by atoms with Crippen LogP contribution >= 0.6 is 0 Å². The summed E-state index contributed by atoms with van der Waals surface area (Å²) in [7, 11) is 0. The number of ether oxygens (including phenoxy) is 2. The second-order valence-electron chi connectivity index (χ2n) is 3.94. The van der Waals surface area contributed by atoms with Gasteiger partial charge in [0.25, 0.3) is 0 Å². The maximum absolute atomic E-state index is 9.81. The van der Waals surface area contributed by atoms with Crippen molar-refractivity contribution in [2.75, 3.05) is 13.2 Å². The lowest BCUT2D eigenvalue weighted by Gasteiger charge is -2.33. The molecule has 0 aromatic carbocycles.